The Balaban J connectivity index is 2.07. The molecule has 2 aromatic rings. The molecule has 0 aliphatic rings. The maximum atomic E-state index is 9.15. The fourth-order valence-electron chi connectivity index (χ4n) is 1.50. The average molecular weight is 218 g/mol. The van der Waals surface area contributed by atoms with Crippen LogP contribution in [0, 0.1) is 6.92 Å². The lowest BCUT2D eigenvalue weighted by Crippen LogP contribution is -2.15. The quantitative estimate of drug-likeness (QED) is 0.718. The molecule has 5 heteroatoms. The molecule has 1 atom stereocenters. The van der Waals surface area contributed by atoms with Crippen molar-refractivity contribution in [3.8, 4) is 5.75 Å². The van der Waals surface area contributed by atoms with Crippen molar-refractivity contribution < 1.29 is 5.11 Å². The lowest BCUT2D eigenvalue weighted by atomic mass is 10.1. The topological polar surface area (TPSA) is 87.8 Å². The summed E-state index contributed by atoms with van der Waals surface area (Å²) in [6.45, 7) is 1.84. The van der Waals surface area contributed by atoms with E-state index in [1.54, 1.807) is 12.1 Å². The predicted molar refractivity (Wildman–Crippen MR) is 59.9 cm³/mol. The fourth-order valence-corrected chi connectivity index (χ4v) is 1.50. The molecule has 0 unspecified atom stereocenters. The number of phenolic OH excluding ortho intramolecular Hbond substituents is 1. The van der Waals surface area contributed by atoms with Crippen LogP contribution in [0.25, 0.3) is 0 Å². The van der Waals surface area contributed by atoms with Crippen LogP contribution in [0.1, 0.15) is 23.3 Å². The van der Waals surface area contributed by atoms with E-state index in [0.29, 0.717) is 12.2 Å². The van der Waals surface area contributed by atoms with Crippen molar-refractivity contribution in [3.63, 3.8) is 0 Å². The molecule has 84 valence electrons. The summed E-state index contributed by atoms with van der Waals surface area (Å²) in [5.41, 5.74) is 7.02. The normalized spacial score (nSPS) is 12.6. The number of nitrogens with zero attached hydrogens (tertiary/aromatic N) is 2. The van der Waals surface area contributed by atoms with Gasteiger partial charge in [0.2, 0.25) is 0 Å². The summed E-state index contributed by atoms with van der Waals surface area (Å²) < 4.78 is 0. The number of rotatable bonds is 3. The van der Waals surface area contributed by atoms with E-state index in [1.165, 1.54) is 0 Å². The fraction of sp³-hybridized carbons (Fsp3) is 0.273. The molecule has 1 heterocycles. The van der Waals surface area contributed by atoms with Gasteiger partial charge in [-0.3, -0.25) is 5.10 Å². The third-order valence-electron chi connectivity index (χ3n) is 2.34. The first-order valence-corrected chi connectivity index (χ1v) is 5.07. The van der Waals surface area contributed by atoms with E-state index in [4.69, 9.17) is 10.8 Å². The minimum absolute atomic E-state index is 0.227. The standard InChI is InChI=1S/C11H14N4O/c1-7-13-11(15-14-7)10(12)6-8-2-4-9(16)5-3-8/h2-5,10,16H,6,12H2,1H3,(H,13,14,15)/t10-/m0/s1. The molecule has 0 radical (unpaired) electrons. The van der Waals surface area contributed by atoms with Gasteiger partial charge in [-0.05, 0) is 31.0 Å². The first kappa shape index (κ1) is 10.6. The monoisotopic (exact) mass is 218 g/mol. The van der Waals surface area contributed by atoms with Gasteiger partial charge < -0.3 is 10.8 Å². The molecule has 0 amide bonds. The number of hydrogen-bond donors (Lipinski definition) is 3. The first-order valence-electron chi connectivity index (χ1n) is 5.07. The molecule has 0 fully saturated rings. The molecule has 0 bridgehead atoms. The van der Waals surface area contributed by atoms with Crippen LogP contribution in [-0.4, -0.2) is 20.3 Å². The predicted octanol–water partition coefficient (Wildman–Crippen LogP) is 1.06. The number of nitrogens with one attached hydrogen (secondary N) is 1. The van der Waals surface area contributed by atoms with Crippen molar-refractivity contribution >= 4 is 0 Å². The van der Waals surface area contributed by atoms with Crippen molar-refractivity contribution in [3.05, 3.63) is 41.5 Å². The smallest absolute Gasteiger partial charge is 0.167 e. The van der Waals surface area contributed by atoms with Crippen LogP contribution in [0.15, 0.2) is 24.3 Å². The largest absolute Gasteiger partial charge is 0.508 e. The van der Waals surface area contributed by atoms with Gasteiger partial charge in [-0.25, -0.2) is 4.98 Å². The second-order valence-electron chi connectivity index (χ2n) is 3.76. The second-order valence-corrected chi connectivity index (χ2v) is 3.76. The Bertz CT molecular complexity index is 463. The Kier molecular flexibility index (Phi) is 2.87. The molecule has 4 N–H and O–H groups in total. The van der Waals surface area contributed by atoms with Gasteiger partial charge in [0.15, 0.2) is 5.82 Å². The lowest BCUT2D eigenvalue weighted by Gasteiger charge is -2.07. The first-order chi connectivity index (χ1) is 7.65. The van der Waals surface area contributed by atoms with Crippen molar-refractivity contribution in [2.75, 3.05) is 0 Å². The van der Waals surface area contributed by atoms with Crippen LogP contribution >= 0.6 is 0 Å². The molecule has 2 rings (SSSR count). The summed E-state index contributed by atoms with van der Waals surface area (Å²) in [4.78, 5) is 4.18. The molecule has 16 heavy (non-hydrogen) atoms. The number of nitrogens with two attached hydrogens (primary N) is 1. The molecule has 0 spiro atoms. The van der Waals surface area contributed by atoms with E-state index in [1.807, 2.05) is 19.1 Å². The summed E-state index contributed by atoms with van der Waals surface area (Å²) in [6, 6.07) is 6.74. The van der Waals surface area contributed by atoms with E-state index in [-0.39, 0.29) is 11.8 Å². The Labute approximate surface area is 93.3 Å². The van der Waals surface area contributed by atoms with Gasteiger partial charge in [-0.1, -0.05) is 12.1 Å². The number of aromatic hydroxyl groups is 1. The van der Waals surface area contributed by atoms with Crippen LogP contribution < -0.4 is 5.73 Å². The third kappa shape index (κ3) is 2.38. The maximum Gasteiger partial charge on any atom is 0.167 e. The van der Waals surface area contributed by atoms with Gasteiger partial charge in [0, 0.05) is 0 Å². The van der Waals surface area contributed by atoms with Gasteiger partial charge in [0.25, 0.3) is 0 Å². The van der Waals surface area contributed by atoms with E-state index in [2.05, 4.69) is 15.2 Å². The molecule has 0 aliphatic carbocycles. The molecular weight excluding hydrogens is 204 g/mol. The van der Waals surface area contributed by atoms with Gasteiger partial charge >= 0.3 is 0 Å². The highest BCUT2D eigenvalue weighted by atomic mass is 16.3. The maximum absolute atomic E-state index is 9.15. The molecule has 5 nitrogen and oxygen atoms in total. The van der Waals surface area contributed by atoms with Crippen LogP contribution in [0.4, 0.5) is 0 Å². The third-order valence-corrected chi connectivity index (χ3v) is 2.34. The molecule has 0 saturated heterocycles. The molecule has 1 aromatic carbocycles. The molecule has 0 saturated carbocycles. The summed E-state index contributed by atoms with van der Waals surface area (Å²) in [7, 11) is 0. The number of aryl methyl sites for hydroxylation is 1. The van der Waals surface area contributed by atoms with Crippen LogP contribution in [0.3, 0.4) is 0 Å². The number of phenols is 1. The highest BCUT2D eigenvalue weighted by Crippen LogP contribution is 2.15. The van der Waals surface area contributed by atoms with E-state index < -0.39 is 0 Å². The summed E-state index contributed by atoms with van der Waals surface area (Å²) in [5, 5.41) is 15.9. The van der Waals surface area contributed by atoms with Crippen molar-refractivity contribution in [1.29, 1.82) is 0 Å². The minimum atomic E-state index is -0.227. The van der Waals surface area contributed by atoms with Crippen molar-refractivity contribution in [2.45, 2.75) is 19.4 Å². The summed E-state index contributed by atoms with van der Waals surface area (Å²) >= 11 is 0. The van der Waals surface area contributed by atoms with Gasteiger partial charge in [0.1, 0.15) is 11.6 Å². The van der Waals surface area contributed by atoms with Crippen molar-refractivity contribution in [2.24, 2.45) is 5.73 Å². The Hall–Kier alpha value is -1.88. The van der Waals surface area contributed by atoms with Crippen LogP contribution in [0.2, 0.25) is 0 Å². The van der Waals surface area contributed by atoms with Crippen LogP contribution in [-0.2, 0) is 6.42 Å². The van der Waals surface area contributed by atoms with Crippen LogP contribution in [0.5, 0.6) is 5.75 Å². The van der Waals surface area contributed by atoms with E-state index >= 15 is 0 Å². The highest BCUT2D eigenvalue weighted by Gasteiger charge is 2.11. The number of H-pyrrole nitrogens is 1. The Morgan fingerprint density at radius 1 is 1.38 bits per heavy atom. The number of benzene rings is 1. The zero-order valence-electron chi connectivity index (χ0n) is 9.01. The van der Waals surface area contributed by atoms with Crippen molar-refractivity contribution in [1.82, 2.24) is 15.2 Å². The zero-order valence-corrected chi connectivity index (χ0v) is 9.01. The minimum Gasteiger partial charge on any atom is -0.508 e. The second kappa shape index (κ2) is 4.32. The highest BCUT2D eigenvalue weighted by molar-refractivity contribution is 5.26. The molecule has 0 aliphatic heterocycles. The number of hydrogen-bond acceptors (Lipinski definition) is 4. The summed E-state index contributed by atoms with van der Waals surface area (Å²) in [5.74, 6) is 1.63. The number of aromatic nitrogens is 3. The van der Waals surface area contributed by atoms with Gasteiger partial charge in [-0.2, -0.15) is 5.10 Å². The SMILES string of the molecule is Cc1nc([C@@H](N)Cc2ccc(O)cc2)n[nH]1. The van der Waals surface area contributed by atoms with E-state index in [0.717, 1.165) is 11.4 Å². The Morgan fingerprint density at radius 3 is 2.62 bits per heavy atom. The molecular formula is C11H14N4O. The van der Waals surface area contributed by atoms with E-state index in [9.17, 15) is 0 Å². The van der Waals surface area contributed by atoms with Gasteiger partial charge in [0.05, 0.1) is 6.04 Å². The lowest BCUT2D eigenvalue weighted by molar-refractivity contribution is 0.475. The van der Waals surface area contributed by atoms with Gasteiger partial charge in [-0.15, -0.1) is 0 Å². The summed E-state index contributed by atoms with van der Waals surface area (Å²) in [6.07, 6.45) is 0.650. The molecule has 1 aromatic heterocycles. The Morgan fingerprint density at radius 2 is 2.06 bits per heavy atom. The number of aromatic amines is 1. The zero-order chi connectivity index (χ0) is 11.5. The average Bonchev–Trinajstić information content (AvgIpc) is 2.68.